The van der Waals surface area contributed by atoms with Crippen LogP contribution >= 0.6 is 0 Å². The standard InChI is InChI=1S/C24H30F2O6/c1-5-19(29)32-24(20(30)31)12(2)8-14-15-10-17(25)16-9-13(27)6-7-21(16,3)23(15,26)18(28)11-22(14,24)4/h6-7,9,12,14-15,17-18,28H,5,8,10-11H2,1-4H3,(H,30,31)/t12-,14+,15+,17+,18+,21+,22+,23-,24-/m1/s1. The number of hydrogen-bond acceptors (Lipinski definition) is 5. The number of esters is 1. The Labute approximate surface area is 185 Å². The van der Waals surface area contributed by atoms with E-state index in [9.17, 15) is 24.6 Å². The third-order valence-electron chi connectivity index (χ3n) is 9.05. The highest BCUT2D eigenvalue weighted by molar-refractivity contribution is 6.01. The van der Waals surface area contributed by atoms with Crippen LogP contribution in [-0.4, -0.2) is 51.5 Å². The van der Waals surface area contributed by atoms with Crippen molar-refractivity contribution in [3.63, 3.8) is 0 Å². The van der Waals surface area contributed by atoms with Crippen molar-refractivity contribution in [2.45, 2.75) is 76.9 Å². The van der Waals surface area contributed by atoms with Gasteiger partial charge in [0.15, 0.2) is 11.5 Å². The summed E-state index contributed by atoms with van der Waals surface area (Å²) in [4.78, 5) is 36.7. The lowest BCUT2D eigenvalue weighted by Gasteiger charge is -2.62. The van der Waals surface area contributed by atoms with E-state index in [0.29, 0.717) is 0 Å². The molecule has 4 aliphatic carbocycles. The molecule has 0 aliphatic heterocycles. The third-order valence-corrected chi connectivity index (χ3v) is 9.05. The van der Waals surface area contributed by atoms with Gasteiger partial charge >= 0.3 is 11.9 Å². The topological polar surface area (TPSA) is 101 Å². The Bertz CT molecular complexity index is 945. The lowest BCUT2D eigenvalue weighted by Crippen LogP contribution is -2.71. The minimum absolute atomic E-state index is 0.0133. The number of aliphatic hydroxyl groups is 1. The van der Waals surface area contributed by atoms with Crippen LogP contribution in [0, 0.1) is 28.6 Å². The predicted molar refractivity (Wildman–Crippen MR) is 110 cm³/mol. The number of carbonyl (C=O) groups is 3. The second kappa shape index (κ2) is 6.95. The van der Waals surface area contributed by atoms with Gasteiger partial charge in [-0.05, 0) is 49.8 Å². The summed E-state index contributed by atoms with van der Waals surface area (Å²) < 4.78 is 38.1. The van der Waals surface area contributed by atoms with Gasteiger partial charge in [0.1, 0.15) is 6.17 Å². The lowest BCUT2D eigenvalue weighted by atomic mass is 9.44. The smallest absolute Gasteiger partial charge is 0.349 e. The summed E-state index contributed by atoms with van der Waals surface area (Å²) in [7, 11) is 0. The summed E-state index contributed by atoms with van der Waals surface area (Å²) in [5.74, 6) is -4.78. The fourth-order valence-electron chi connectivity index (χ4n) is 7.49. The van der Waals surface area contributed by atoms with E-state index in [1.165, 1.54) is 19.1 Å². The Morgan fingerprint density at radius 1 is 1.25 bits per heavy atom. The summed E-state index contributed by atoms with van der Waals surface area (Å²) in [6, 6.07) is 0. The van der Waals surface area contributed by atoms with Crippen molar-refractivity contribution < 1.29 is 38.1 Å². The molecule has 0 spiro atoms. The Morgan fingerprint density at radius 3 is 2.50 bits per heavy atom. The normalized spacial score (nSPS) is 49.5. The number of carboxylic acids is 1. The predicted octanol–water partition coefficient (Wildman–Crippen LogP) is 3.33. The van der Waals surface area contributed by atoms with Crippen LogP contribution in [0.3, 0.4) is 0 Å². The molecule has 0 aromatic rings. The highest BCUT2D eigenvalue weighted by atomic mass is 19.1. The summed E-state index contributed by atoms with van der Waals surface area (Å²) in [5, 5.41) is 21.5. The van der Waals surface area contributed by atoms with Gasteiger partial charge in [-0.25, -0.2) is 13.6 Å². The molecule has 3 fully saturated rings. The molecule has 3 saturated carbocycles. The average molecular weight is 452 g/mol. The Balaban J connectivity index is 1.87. The number of ketones is 1. The summed E-state index contributed by atoms with van der Waals surface area (Å²) in [6.45, 7) is 6.31. The molecular formula is C24H30F2O6. The van der Waals surface area contributed by atoms with Crippen LogP contribution < -0.4 is 0 Å². The van der Waals surface area contributed by atoms with Crippen LogP contribution in [0.5, 0.6) is 0 Å². The second-order valence-corrected chi connectivity index (χ2v) is 10.4. The van der Waals surface area contributed by atoms with Gasteiger partial charge in [-0.15, -0.1) is 0 Å². The maximum Gasteiger partial charge on any atom is 0.349 e. The number of fused-ring (bicyclic) bond motifs is 5. The highest BCUT2D eigenvalue weighted by Crippen LogP contribution is 2.71. The van der Waals surface area contributed by atoms with E-state index in [-0.39, 0.29) is 31.3 Å². The van der Waals surface area contributed by atoms with E-state index in [2.05, 4.69) is 0 Å². The van der Waals surface area contributed by atoms with E-state index >= 15 is 8.78 Å². The third kappa shape index (κ3) is 2.50. The maximum atomic E-state index is 17.1. The van der Waals surface area contributed by atoms with Crippen LogP contribution in [0.1, 0.15) is 53.4 Å². The van der Waals surface area contributed by atoms with Crippen molar-refractivity contribution in [1.82, 2.24) is 0 Å². The molecule has 0 bridgehead atoms. The van der Waals surface area contributed by atoms with Gasteiger partial charge < -0.3 is 14.9 Å². The van der Waals surface area contributed by atoms with Crippen molar-refractivity contribution in [3.05, 3.63) is 23.8 Å². The van der Waals surface area contributed by atoms with Gasteiger partial charge in [0, 0.05) is 29.1 Å². The highest BCUT2D eigenvalue weighted by Gasteiger charge is 2.78. The summed E-state index contributed by atoms with van der Waals surface area (Å²) >= 11 is 0. The number of carboxylic acid groups (broad SMARTS) is 1. The molecular weight excluding hydrogens is 422 g/mol. The van der Waals surface area contributed by atoms with Crippen LogP contribution in [-0.2, 0) is 19.1 Å². The number of halogens is 2. The van der Waals surface area contributed by atoms with Crippen LogP contribution in [0.25, 0.3) is 0 Å². The van der Waals surface area contributed by atoms with E-state index in [1.54, 1.807) is 20.8 Å². The average Bonchev–Trinajstić information content (AvgIpc) is 2.93. The lowest BCUT2D eigenvalue weighted by molar-refractivity contribution is -0.237. The molecule has 0 aromatic heterocycles. The number of alkyl halides is 2. The molecule has 8 heteroatoms. The molecule has 0 aromatic carbocycles. The van der Waals surface area contributed by atoms with Crippen LogP contribution in [0.2, 0.25) is 0 Å². The fraction of sp³-hybridized carbons (Fsp3) is 0.708. The number of aliphatic hydroxyl groups excluding tert-OH is 1. The van der Waals surface area contributed by atoms with Crippen molar-refractivity contribution in [2.24, 2.45) is 28.6 Å². The van der Waals surface area contributed by atoms with E-state index in [4.69, 9.17) is 4.74 Å². The van der Waals surface area contributed by atoms with E-state index in [1.807, 2.05) is 0 Å². The quantitative estimate of drug-likeness (QED) is 0.637. The zero-order valence-corrected chi connectivity index (χ0v) is 18.7. The molecule has 0 saturated heterocycles. The number of aliphatic carboxylic acids is 1. The first-order chi connectivity index (χ1) is 14.8. The molecule has 6 nitrogen and oxygen atoms in total. The molecule has 0 amide bonds. The summed E-state index contributed by atoms with van der Waals surface area (Å²) in [5.41, 5.74) is -7.07. The Kier molecular flexibility index (Phi) is 5.02. The molecule has 0 radical (unpaired) electrons. The van der Waals surface area contributed by atoms with Gasteiger partial charge in [-0.3, -0.25) is 9.59 Å². The molecule has 4 rings (SSSR count). The molecule has 0 unspecified atom stereocenters. The largest absolute Gasteiger partial charge is 0.478 e. The Morgan fingerprint density at radius 2 is 1.91 bits per heavy atom. The number of rotatable bonds is 3. The maximum absolute atomic E-state index is 17.1. The van der Waals surface area contributed by atoms with Gasteiger partial charge in [-0.1, -0.05) is 26.8 Å². The zero-order valence-electron chi connectivity index (χ0n) is 18.7. The van der Waals surface area contributed by atoms with Gasteiger partial charge in [-0.2, -0.15) is 0 Å². The molecule has 2 N–H and O–H groups in total. The zero-order chi connectivity index (χ0) is 23.9. The van der Waals surface area contributed by atoms with Gasteiger partial charge in [0.05, 0.1) is 6.10 Å². The minimum Gasteiger partial charge on any atom is -0.478 e. The molecule has 0 heterocycles. The van der Waals surface area contributed by atoms with Crippen molar-refractivity contribution in [2.75, 3.05) is 0 Å². The number of hydrogen-bond donors (Lipinski definition) is 2. The first kappa shape index (κ1) is 23.1. The molecule has 176 valence electrons. The molecule has 32 heavy (non-hydrogen) atoms. The first-order valence-corrected chi connectivity index (χ1v) is 11.2. The van der Waals surface area contributed by atoms with Gasteiger partial charge in [0.2, 0.25) is 5.60 Å². The minimum atomic E-state index is -2.30. The van der Waals surface area contributed by atoms with Crippen molar-refractivity contribution >= 4 is 17.7 Å². The number of ether oxygens (including phenoxy) is 1. The number of allylic oxidation sites excluding steroid dienone is 4. The van der Waals surface area contributed by atoms with E-state index < -0.39 is 69.9 Å². The SMILES string of the molecule is CCC(=O)O[C@@]1(C(=O)O)[C@H](C)C[C@H]2[C@@H]3C[C@H](F)C4=CC(=O)C=C[C@]4(C)[C@]3(F)[C@@H](O)C[C@@]21C. The second-order valence-electron chi connectivity index (χ2n) is 10.4. The van der Waals surface area contributed by atoms with Crippen molar-refractivity contribution in [1.29, 1.82) is 0 Å². The first-order valence-electron chi connectivity index (χ1n) is 11.2. The number of carbonyl (C=O) groups excluding carboxylic acids is 2. The van der Waals surface area contributed by atoms with Crippen LogP contribution in [0.15, 0.2) is 23.8 Å². The van der Waals surface area contributed by atoms with Gasteiger partial charge in [0.25, 0.3) is 0 Å². The molecule has 9 atom stereocenters. The van der Waals surface area contributed by atoms with Crippen LogP contribution in [0.4, 0.5) is 8.78 Å². The van der Waals surface area contributed by atoms with Crippen molar-refractivity contribution in [3.8, 4) is 0 Å². The monoisotopic (exact) mass is 452 g/mol. The van der Waals surface area contributed by atoms with E-state index in [0.717, 1.165) is 6.08 Å². The molecule has 4 aliphatic rings. The fourth-order valence-corrected chi connectivity index (χ4v) is 7.49. The Hall–Kier alpha value is -2.09. The summed E-state index contributed by atoms with van der Waals surface area (Å²) in [6.07, 6.45) is 0.0529.